The number of urea groups is 1. The van der Waals surface area contributed by atoms with E-state index in [0.29, 0.717) is 24.5 Å². The quantitative estimate of drug-likeness (QED) is 0.777. The Morgan fingerprint density at radius 1 is 1.09 bits per heavy atom. The molecule has 1 aliphatic rings. The molecule has 3 rings (SSSR count). The number of hydrogen-bond acceptors (Lipinski definition) is 2. The average molecular weight is 297 g/mol. The van der Waals surface area contributed by atoms with Gasteiger partial charge in [-0.25, -0.2) is 4.79 Å². The van der Waals surface area contributed by atoms with Crippen LogP contribution in [0.25, 0.3) is 0 Å². The molecular weight excluding hydrogens is 274 g/mol. The maximum atomic E-state index is 12.3. The van der Waals surface area contributed by atoms with Crippen LogP contribution in [0.1, 0.15) is 30.5 Å². The normalized spacial score (nSPS) is 12.2. The minimum absolute atomic E-state index is 0.112. The van der Waals surface area contributed by atoms with E-state index in [1.807, 2.05) is 38.1 Å². The molecule has 116 valence electrons. The second kappa shape index (κ2) is 6.98. The van der Waals surface area contributed by atoms with Gasteiger partial charge in [-0.15, -0.1) is 0 Å². The summed E-state index contributed by atoms with van der Waals surface area (Å²) in [5.41, 5.74) is 10.8. The Bertz CT molecular complexity index is 667. The molecule has 0 radical (unpaired) electrons. The molecule has 0 aromatic heterocycles. The molecule has 0 atom stereocenters. The van der Waals surface area contributed by atoms with Crippen LogP contribution in [-0.2, 0) is 13.1 Å². The summed E-state index contributed by atoms with van der Waals surface area (Å²) in [4.78, 5) is 14.1. The van der Waals surface area contributed by atoms with Crippen molar-refractivity contribution in [2.45, 2.75) is 33.9 Å². The van der Waals surface area contributed by atoms with Crippen molar-refractivity contribution >= 4 is 17.4 Å². The number of fused-ring (bicyclic) bond motifs is 1. The zero-order valence-electron chi connectivity index (χ0n) is 13.4. The molecule has 0 fully saturated rings. The largest absolute Gasteiger partial charge is 0.397 e. The summed E-state index contributed by atoms with van der Waals surface area (Å²) in [5.74, 6) is 0. The van der Waals surface area contributed by atoms with Gasteiger partial charge in [-0.2, -0.15) is 0 Å². The molecule has 22 heavy (non-hydrogen) atoms. The fourth-order valence-electron chi connectivity index (χ4n) is 2.54. The average Bonchev–Trinajstić information content (AvgIpc) is 2.97. The van der Waals surface area contributed by atoms with Crippen molar-refractivity contribution in [2.75, 3.05) is 11.1 Å². The van der Waals surface area contributed by atoms with E-state index < -0.39 is 0 Å². The second-order valence-corrected chi connectivity index (χ2v) is 5.09. The molecular formula is C18H23N3O. The summed E-state index contributed by atoms with van der Waals surface area (Å²) in [6.07, 6.45) is 0. The fourth-order valence-corrected chi connectivity index (χ4v) is 2.54. The lowest BCUT2D eigenvalue weighted by atomic mass is 10.1. The Balaban J connectivity index is 0.000000847. The lowest BCUT2D eigenvalue weighted by Gasteiger charge is -2.17. The van der Waals surface area contributed by atoms with E-state index in [1.54, 1.807) is 11.0 Å². The number of aryl methyl sites for hydroxylation is 1. The van der Waals surface area contributed by atoms with Crippen LogP contribution in [0.4, 0.5) is 16.2 Å². The third kappa shape index (κ3) is 3.22. The van der Waals surface area contributed by atoms with Crippen LogP contribution in [0.5, 0.6) is 0 Å². The van der Waals surface area contributed by atoms with Crippen molar-refractivity contribution in [3.63, 3.8) is 0 Å². The van der Waals surface area contributed by atoms with E-state index in [9.17, 15) is 4.79 Å². The third-order valence-electron chi connectivity index (χ3n) is 3.71. The fraction of sp³-hybridized carbons (Fsp3) is 0.278. The molecule has 4 nitrogen and oxygen atoms in total. The molecule has 1 heterocycles. The summed E-state index contributed by atoms with van der Waals surface area (Å²) < 4.78 is 0. The van der Waals surface area contributed by atoms with E-state index >= 15 is 0 Å². The monoisotopic (exact) mass is 297 g/mol. The smallest absolute Gasteiger partial charge is 0.322 e. The SMILES string of the molecule is CC.Cc1cccc2c1CN(C(=O)Nc1ccccc1N)C2. The molecule has 2 amide bonds. The summed E-state index contributed by atoms with van der Waals surface area (Å²) in [5, 5.41) is 2.87. The highest BCUT2D eigenvalue weighted by molar-refractivity contribution is 5.92. The number of anilines is 2. The van der Waals surface area contributed by atoms with Gasteiger partial charge in [0.05, 0.1) is 11.4 Å². The highest BCUT2D eigenvalue weighted by Gasteiger charge is 2.24. The Morgan fingerprint density at radius 3 is 2.50 bits per heavy atom. The van der Waals surface area contributed by atoms with E-state index in [2.05, 4.69) is 24.4 Å². The lowest BCUT2D eigenvalue weighted by molar-refractivity contribution is 0.212. The van der Waals surface area contributed by atoms with Gasteiger partial charge in [0, 0.05) is 13.1 Å². The first-order valence-electron chi connectivity index (χ1n) is 7.63. The number of nitrogens with one attached hydrogen (secondary N) is 1. The molecule has 3 N–H and O–H groups in total. The Hall–Kier alpha value is -2.49. The summed E-state index contributed by atoms with van der Waals surface area (Å²) in [6, 6.07) is 13.4. The van der Waals surface area contributed by atoms with Crippen LogP contribution in [-0.4, -0.2) is 10.9 Å². The predicted octanol–water partition coefficient (Wildman–Crippen LogP) is 4.15. The first-order chi connectivity index (χ1) is 10.6. The van der Waals surface area contributed by atoms with Crippen molar-refractivity contribution in [1.29, 1.82) is 0 Å². The zero-order valence-corrected chi connectivity index (χ0v) is 13.4. The summed E-state index contributed by atoms with van der Waals surface area (Å²) in [7, 11) is 0. The van der Waals surface area contributed by atoms with Gasteiger partial charge in [0.1, 0.15) is 0 Å². The number of benzene rings is 2. The van der Waals surface area contributed by atoms with Gasteiger partial charge in [-0.05, 0) is 35.7 Å². The minimum Gasteiger partial charge on any atom is -0.397 e. The van der Waals surface area contributed by atoms with Gasteiger partial charge in [-0.1, -0.05) is 44.2 Å². The molecule has 2 aromatic rings. The molecule has 0 bridgehead atoms. The molecule has 0 unspecified atom stereocenters. The van der Waals surface area contributed by atoms with Crippen LogP contribution < -0.4 is 11.1 Å². The highest BCUT2D eigenvalue weighted by atomic mass is 16.2. The van der Waals surface area contributed by atoms with Gasteiger partial charge in [0.2, 0.25) is 0 Å². The molecule has 0 saturated carbocycles. The third-order valence-corrected chi connectivity index (χ3v) is 3.71. The molecule has 1 aliphatic heterocycles. The van der Waals surface area contributed by atoms with E-state index in [-0.39, 0.29) is 6.03 Å². The molecule has 0 saturated heterocycles. The van der Waals surface area contributed by atoms with Crippen LogP contribution in [0.2, 0.25) is 0 Å². The number of carbonyl (C=O) groups is 1. The topological polar surface area (TPSA) is 58.4 Å². The van der Waals surface area contributed by atoms with Gasteiger partial charge in [0.25, 0.3) is 0 Å². The first kappa shape index (κ1) is 15.9. The number of nitrogens with two attached hydrogens (primary N) is 1. The van der Waals surface area contributed by atoms with Gasteiger partial charge < -0.3 is 16.0 Å². The number of para-hydroxylation sites is 2. The number of nitrogens with zero attached hydrogens (tertiary/aromatic N) is 1. The van der Waals surface area contributed by atoms with Crippen molar-refractivity contribution in [1.82, 2.24) is 4.90 Å². The number of carbonyl (C=O) groups excluding carboxylic acids is 1. The van der Waals surface area contributed by atoms with E-state index in [0.717, 1.165) is 0 Å². The number of nitrogen functional groups attached to an aromatic ring is 1. The number of amides is 2. The number of rotatable bonds is 1. The van der Waals surface area contributed by atoms with Gasteiger partial charge >= 0.3 is 6.03 Å². The minimum atomic E-state index is -0.112. The Labute approximate surface area is 131 Å². The zero-order chi connectivity index (χ0) is 16.1. The summed E-state index contributed by atoms with van der Waals surface area (Å²) >= 11 is 0. The predicted molar refractivity (Wildman–Crippen MR) is 91.6 cm³/mol. The van der Waals surface area contributed by atoms with Crippen LogP contribution in [0.15, 0.2) is 42.5 Å². The van der Waals surface area contributed by atoms with Crippen LogP contribution in [0, 0.1) is 6.92 Å². The summed E-state index contributed by atoms with van der Waals surface area (Å²) in [6.45, 7) is 7.38. The van der Waals surface area contributed by atoms with Crippen LogP contribution in [0.3, 0.4) is 0 Å². The molecule has 0 aliphatic carbocycles. The Kier molecular flexibility index (Phi) is 5.04. The van der Waals surface area contributed by atoms with E-state index in [1.165, 1.54) is 16.7 Å². The highest BCUT2D eigenvalue weighted by Crippen LogP contribution is 2.26. The van der Waals surface area contributed by atoms with Crippen molar-refractivity contribution in [3.8, 4) is 0 Å². The maximum absolute atomic E-state index is 12.3. The lowest BCUT2D eigenvalue weighted by Crippen LogP contribution is -2.30. The second-order valence-electron chi connectivity index (χ2n) is 5.09. The van der Waals surface area contributed by atoms with Crippen molar-refractivity contribution in [3.05, 3.63) is 59.2 Å². The van der Waals surface area contributed by atoms with Crippen molar-refractivity contribution < 1.29 is 4.79 Å². The van der Waals surface area contributed by atoms with Crippen molar-refractivity contribution in [2.24, 2.45) is 0 Å². The first-order valence-corrected chi connectivity index (χ1v) is 7.63. The molecule has 0 spiro atoms. The Morgan fingerprint density at radius 2 is 1.82 bits per heavy atom. The maximum Gasteiger partial charge on any atom is 0.322 e. The van der Waals surface area contributed by atoms with Gasteiger partial charge in [0.15, 0.2) is 0 Å². The molecule has 4 heteroatoms. The van der Waals surface area contributed by atoms with E-state index in [4.69, 9.17) is 5.73 Å². The van der Waals surface area contributed by atoms with Gasteiger partial charge in [-0.3, -0.25) is 0 Å². The van der Waals surface area contributed by atoms with Crippen LogP contribution >= 0.6 is 0 Å². The molecule has 2 aromatic carbocycles. The number of hydrogen-bond donors (Lipinski definition) is 2. The standard InChI is InChI=1S/C16H17N3O.C2H6/c1-11-5-4-6-12-9-19(10-13(11)12)16(20)18-15-8-3-2-7-14(15)17;1-2/h2-8H,9-10,17H2,1H3,(H,18,20);1-2H3.